The van der Waals surface area contributed by atoms with E-state index in [1.807, 2.05) is 26.0 Å². The first-order valence-corrected chi connectivity index (χ1v) is 10.2. The number of rotatable bonds is 7. The third kappa shape index (κ3) is 4.59. The van der Waals surface area contributed by atoms with Crippen LogP contribution in [0, 0.1) is 27.7 Å². The van der Waals surface area contributed by atoms with Gasteiger partial charge in [0.1, 0.15) is 0 Å². The quantitative estimate of drug-likeness (QED) is 0.347. The highest BCUT2D eigenvalue weighted by atomic mass is 32.2. The average Bonchev–Trinajstić information content (AvgIpc) is 3.23. The summed E-state index contributed by atoms with van der Waals surface area (Å²) in [4.78, 5) is 27.8. The van der Waals surface area contributed by atoms with Gasteiger partial charge in [0.2, 0.25) is 5.89 Å². The molecule has 29 heavy (non-hydrogen) atoms. The van der Waals surface area contributed by atoms with Gasteiger partial charge in [0.05, 0.1) is 23.6 Å². The number of Topliss-reactive ketones (excluding diaryl/α,β-unsaturated/α-hetero) is 1. The second-order valence-corrected chi connectivity index (χ2v) is 7.73. The molecule has 2 aromatic heterocycles. The summed E-state index contributed by atoms with van der Waals surface area (Å²) in [6.45, 7) is 9.52. The average molecular weight is 413 g/mol. The molecule has 0 bridgehead atoms. The van der Waals surface area contributed by atoms with Crippen LogP contribution in [0.15, 0.2) is 27.8 Å². The highest BCUT2D eigenvalue weighted by Crippen LogP contribution is 2.26. The smallest absolute Gasteiger partial charge is 0.340 e. The number of ketones is 1. The summed E-state index contributed by atoms with van der Waals surface area (Å²) < 4.78 is 10.8. The maximum atomic E-state index is 12.7. The van der Waals surface area contributed by atoms with E-state index in [2.05, 4.69) is 21.2 Å². The largest absolute Gasteiger partial charge is 0.462 e. The normalized spacial score (nSPS) is 10.9. The molecule has 0 unspecified atom stereocenters. The summed E-state index contributed by atoms with van der Waals surface area (Å²) >= 11 is 1.16. The van der Waals surface area contributed by atoms with E-state index in [1.165, 1.54) is 0 Å². The molecule has 7 nitrogen and oxygen atoms in total. The minimum atomic E-state index is -0.430. The molecule has 0 saturated carbocycles. The lowest BCUT2D eigenvalue weighted by Gasteiger charge is -2.02. The molecule has 0 saturated heterocycles. The van der Waals surface area contributed by atoms with Gasteiger partial charge in [0.25, 0.3) is 5.22 Å². The zero-order chi connectivity index (χ0) is 21.1. The van der Waals surface area contributed by atoms with Crippen LogP contribution in [-0.4, -0.2) is 39.3 Å². The SMILES string of the molecule is CCOC(=O)c1c(C)[nH]c(C(=O)CSc2nnc(-c3cc(C)cc(C)c3)o2)c1C. The maximum Gasteiger partial charge on any atom is 0.340 e. The first-order valence-electron chi connectivity index (χ1n) is 9.24. The van der Waals surface area contributed by atoms with Crippen LogP contribution in [0.2, 0.25) is 0 Å². The molecule has 0 fully saturated rings. The molecule has 0 radical (unpaired) electrons. The minimum absolute atomic E-state index is 0.109. The number of benzene rings is 1. The molecule has 0 aliphatic rings. The van der Waals surface area contributed by atoms with E-state index in [4.69, 9.17) is 9.15 Å². The van der Waals surface area contributed by atoms with Crippen LogP contribution in [0.3, 0.4) is 0 Å². The van der Waals surface area contributed by atoms with E-state index in [0.717, 1.165) is 28.5 Å². The van der Waals surface area contributed by atoms with Crippen LogP contribution in [-0.2, 0) is 4.74 Å². The number of hydrogen-bond donors (Lipinski definition) is 1. The van der Waals surface area contributed by atoms with Crippen molar-refractivity contribution in [3.05, 3.63) is 51.8 Å². The van der Waals surface area contributed by atoms with Gasteiger partial charge in [0, 0.05) is 11.3 Å². The summed E-state index contributed by atoms with van der Waals surface area (Å²) in [7, 11) is 0. The summed E-state index contributed by atoms with van der Waals surface area (Å²) in [5.74, 6) is -0.0571. The summed E-state index contributed by atoms with van der Waals surface area (Å²) in [5.41, 5.74) is 5.08. The molecule has 0 spiro atoms. The van der Waals surface area contributed by atoms with Crippen molar-refractivity contribution in [2.24, 2.45) is 0 Å². The molecular formula is C21H23N3O4S. The number of aromatic nitrogens is 3. The Morgan fingerprint density at radius 3 is 2.45 bits per heavy atom. The van der Waals surface area contributed by atoms with Crippen molar-refractivity contribution in [3.8, 4) is 11.5 Å². The van der Waals surface area contributed by atoms with E-state index in [1.54, 1.807) is 20.8 Å². The van der Waals surface area contributed by atoms with Gasteiger partial charge in [-0.05, 0) is 52.3 Å². The number of ether oxygens (including phenoxy) is 1. The van der Waals surface area contributed by atoms with Crippen LogP contribution in [0.4, 0.5) is 0 Å². The van der Waals surface area contributed by atoms with E-state index in [9.17, 15) is 9.59 Å². The van der Waals surface area contributed by atoms with Crippen LogP contribution >= 0.6 is 11.8 Å². The van der Waals surface area contributed by atoms with Crippen LogP contribution < -0.4 is 0 Å². The number of aromatic amines is 1. The van der Waals surface area contributed by atoms with Gasteiger partial charge in [-0.1, -0.05) is 29.0 Å². The number of aryl methyl sites for hydroxylation is 3. The summed E-state index contributed by atoms with van der Waals surface area (Å²) in [5, 5.41) is 8.42. The third-order valence-electron chi connectivity index (χ3n) is 4.40. The van der Waals surface area contributed by atoms with Gasteiger partial charge in [-0.2, -0.15) is 0 Å². The van der Waals surface area contributed by atoms with Crippen molar-refractivity contribution in [1.29, 1.82) is 0 Å². The molecule has 8 heteroatoms. The van der Waals surface area contributed by atoms with Gasteiger partial charge >= 0.3 is 5.97 Å². The van der Waals surface area contributed by atoms with Gasteiger partial charge in [-0.3, -0.25) is 4.79 Å². The molecule has 1 aromatic carbocycles. The van der Waals surface area contributed by atoms with E-state index in [-0.39, 0.29) is 18.1 Å². The van der Waals surface area contributed by atoms with Gasteiger partial charge in [-0.15, -0.1) is 10.2 Å². The van der Waals surface area contributed by atoms with Gasteiger partial charge in [0.15, 0.2) is 5.78 Å². The number of nitrogens with one attached hydrogen (secondary N) is 1. The van der Waals surface area contributed by atoms with Crippen molar-refractivity contribution >= 4 is 23.5 Å². The Bertz CT molecular complexity index is 1050. The van der Waals surface area contributed by atoms with Crippen molar-refractivity contribution in [1.82, 2.24) is 15.2 Å². The highest BCUT2D eigenvalue weighted by molar-refractivity contribution is 7.99. The fraction of sp³-hybridized carbons (Fsp3) is 0.333. The van der Waals surface area contributed by atoms with Crippen molar-refractivity contribution in [3.63, 3.8) is 0 Å². The lowest BCUT2D eigenvalue weighted by Crippen LogP contribution is -2.08. The van der Waals surface area contributed by atoms with E-state index in [0.29, 0.717) is 33.6 Å². The predicted octanol–water partition coefficient (Wildman–Crippen LogP) is 4.45. The molecule has 152 valence electrons. The number of carbonyl (C=O) groups excluding carboxylic acids is 2. The van der Waals surface area contributed by atoms with Gasteiger partial charge < -0.3 is 14.1 Å². The zero-order valence-electron chi connectivity index (χ0n) is 17.1. The van der Waals surface area contributed by atoms with Crippen LogP contribution in [0.1, 0.15) is 50.2 Å². The standard InChI is InChI=1S/C21H23N3O4S/c1-6-27-20(26)17-13(4)18(22-14(17)5)16(25)10-29-21-24-23-19(28-21)15-8-11(2)7-12(3)9-15/h7-9,22H,6,10H2,1-5H3. The first-order chi connectivity index (χ1) is 13.8. The van der Waals surface area contributed by atoms with Crippen molar-refractivity contribution < 1.29 is 18.7 Å². The fourth-order valence-corrected chi connectivity index (χ4v) is 3.86. The Morgan fingerprint density at radius 1 is 1.10 bits per heavy atom. The summed E-state index contributed by atoms with van der Waals surface area (Å²) in [6.07, 6.45) is 0. The molecule has 3 aromatic rings. The predicted molar refractivity (Wildman–Crippen MR) is 110 cm³/mol. The van der Waals surface area contributed by atoms with E-state index < -0.39 is 5.97 Å². The Hall–Kier alpha value is -2.87. The lowest BCUT2D eigenvalue weighted by atomic mass is 10.1. The monoisotopic (exact) mass is 413 g/mol. The van der Waals surface area contributed by atoms with Gasteiger partial charge in [-0.25, -0.2) is 4.79 Å². The lowest BCUT2D eigenvalue weighted by molar-refractivity contribution is 0.0525. The van der Waals surface area contributed by atoms with E-state index >= 15 is 0 Å². The Morgan fingerprint density at radius 2 is 1.79 bits per heavy atom. The number of hydrogen-bond acceptors (Lipinski definition) is 7. The minimum Gasteiger partial charge on any atom is -0.462 e. The molecule has 0 amide bonds. The molecule has 3 rings (SSSR count). The summed E-state index contributed by atoms with van der Waals surface area (Å²) in [6, 6.07) is 6.02. The first kappa shape index (κ1) is 20.9. The Labute approximate surface area is 173 Å². The number of nitrogens with zero attached hydrogens (tertiary/aromatic N) is 2. The second kappa shape index (κ2) is 8.65. The van der Waals surface area contributed by atoms with Crippen molar-refractivity contribution in [2.75, 3.05) is 12.4 Å². The number of carbonyl (C=O) groups is 2. The van der Waals surface area contributed by atoms with Crippen molar-refractivity contribution in [2.45, 2.75) is 39.8 Å². The number of thioether (sulfide) groups is 1. The molecule has 0 aliphatic carbocycles. The maximum absolute atomic E-state index is 12.7. The van der Waals surface area contributed by atoms with Crippen LogP contribution in [0.25, 0.3) is 11.5 Å². The Balaban J connectivity index is 1.71. The number of esters is 1. The molecular weight excluding hydrogens is 390 g/mol. The molecule has 0 atom stereocenters. The topological polar surface area (TPSA) is 98.1 Å². The fourth-order valence-electron chi connectivity index (χ4n) is 3.22. The molecule has 1 N–H and O–H groups in total. The Kier molecular flexibility index (Phi) is 6.22. The number of H-pyrrole nitrogens is 1. The molecule has 0 aliphatic heterocycles. The molecule has 2 heterocycles. The zero-order valence-corrected chi connectivity index (χ0v) is 17.9. The second-order valence-electron chi connectivity index (χ2n) is 6.81. The highest BCUT2D eigenvalue weighted by Gasteiger charge is 2.23. The van der Waals surface area contributed by atoms with Crippen LogP contribution in [0.5, 0.6) is 0 Å². The third-order valence-corrected chi connectivity index (χ3v) is 5.22.